The maximum Gasteiger partial charge on any atom is 0.320 e. The fraction of sp³-hybridized carbons (Fsp3) is 0.562. The summed E-state index contributed by atoms with van der Waals surface area (Å²) in [5, 5.41) is 9.43. The molecule has 1 saturated heterocycles. The van der Waals surface area contributed by atoms with Crippen LogP contribution in [0.5, 0.6) is 0 Å². The second-order valence-corrected chi connectivity index (χ2v) is 5.30. The molecule has 1 aliphatic heterocycles. The Kier molecular flexibility index (Phi) is 4.97. The van der Waals surface area contributed by atoms with E-state index in [0.29, 0.717) is 0 Å². The van der Waals surface area contributed by atoms with Crippen LogP contribution >= 0.6 is 0 Å². The van der Waals surface area contributed by atoms with Gasteiger partial charge < -0.3 is 5.11 Å². The van der Waals surface area contributed by atoms with Crippen molar-refractivity contribution in [2.75, 3.05) is 6.54 Å². The molecule has 0 bridgehead atoms. The van der Waals surface area contributed by atoms with Crippen LogP contribution in [0.2, 0.25) is 0 Å². The highest BCUT2D eigenvalue weighted by atomic mass is 16.4. The first-order valence-electron chi connectivity index (χ1n) is 7.27. The molecule has 1 aromatic carbocycles. The lowest BCUT2D eigenvalue weighted by Crippen LogP contribution is -2.46. The molecule has 1 aromatic rings. The summed E-state index contributed by atoms with van der Waals surface area (Å²) in [7, 11) is 0. The first-order chi connectivity index (χ1) is 9.24. The van der Waals surface area contributed by atoms with E-state index in [1.54, 1.807) is 0 Å². The van der Waals surface area contributed by atoms with Gasteiger partial charge in [0.2, 0.25) is 0 Å². The number of aliphatic carboxylic acids is 1. The van der Waals surface area contributed by atoms with Gasteiger partial charge in [0, 0.05) is 6.04 Å². The lowest BCUT2D eigenvalue weighted by atomic mass is 9.94. The summed E-state index contributed by atoms with van der Waals surface area (Å²) in [4.78, 5) is 13.7. The van der Waals surface area contributed by atoms with Crippen LogP contribution in [0.25, 0.3) is 0 Å². The number of likely N-dealkylation sites (tertiary alicyclic amines) is 1. The molecule has 3 nitrogen and oxygen atoms in total. The Morgan fingerprint density at radius 2 is 2.11 bits per heavy atom. The number of hydrogen-bond donors (Lipinski definition) is 1. The molecule has 2 unspecified atom stereocenters. The summed E-state index contributed by atoms with van der Waals surface area (Å²) in [5.74, 6) is -0.670. The standard InChI is InChI=1S/C16H23NO2/c1-2-8-14(13-9-4-3-5-10-13)17-12-7-6-11-15(17)16(18)19/h3-5,9-10,14-15H,2,6-8,11-12H2,1H3,(H,18,19). The van der Waals surface area contributed by atoms with Crippen molar-refractivity contribution in [3.63, 3.8) is 0 Å². The Bertz CT molecular complexity index is 404. The van der Waals surface area contributed by atoms with Crippen LogP contribution in [0.4, 0.5) is 0 Å². The fourth-order valence-corrected chi connectivity index (χ4v) is 3.06. The monoisotopic (exact) mass is 261 g/mol. The molecule has 1 fully saturated rings. The average molecular weight is 261 g/mol. The van der Waals surface area contributed by atoms with Gasteiger partial charge in [-0.1, -0.05) is 50.1 Å². The van der Waals surface area contributed by atoms with E-state index in [2.05, 4.69) is 24.0 Å². The van der Waals surface area contributed by atoms with Crippen molar-refractivity contribution < 1.29 is 9.90 Å². The zero-order chi connectivity index (χ0) is 13.7. The Hall–Kier alpha value is -1.35. The first-order valence-corrected chi connectivity index (χ1v) is 7.27. The predicted molar refractivity (Wildman–Crippen MR) is 76.1 cm³/mol. The number of carboxylic acid groups (broad SMARTS) is 1. The molecular formula is C16H23NO2. The molecule has 0 aromatic heterocycles. The van der Waals surface area contributed by atoms with Gasteiger partial charge in [0.25, 0.3) is 0 Å². The largest absolute Gasteiger partial charge is 0.480 e. The number of carboxylic acids is 1. The van der Waals surface area contributed by atoms with Crippen molar-refractivity contribution in [2.24, 2.45) is 0 Å². The lowest BCUT2D eigenvalue weighted by Gasteiger charge is -2.39. The maximum atomic E-state index is 11.5. The molecule has 0 saturated carbocycles. The number of rotatable bonds is 5. The normalized spacial score (nSPS) is 22.1. The summed E-state index contributed by atoms with van der Waals surface area (Å²) in [5.41, 5.74) is 1.25. The SMILES string of the molecule is CCCC(c1ccccc1)N1CCCCC1C(=O)O. The number of piperidine rings is 1. The molecule has 2 atom stereocenters. The fourth-order valence-electron chi connectivity index (χ4n) is 3.06. The highest BCUT2D eigenvalue weighted by Crippen LogP contribution is 2.32. The van der Waals surface area contributed by atoms with Crippen LogP contribution in [-0.4, -0.2) is 28.6 Å². The van der Waals surface area contributed by atoms with Crippen molar-refractivity contribution in [3.8, 4) is 0 Å². The highest BCUT2D eigenvalue weighted by Gasteiger charge is 2.33. The van der Waals surface area contributed by atoms with Crippen molar-refractivity contribution in [1.82, 2.24) is 4.90 Å². The van der Waals surface area contributed by atoms with E-state index in [0.717, 1.165) is 38.6 Å². The van der Waals surface area contributed by atoms with E-state index in [9.17, 15) is 9.90 Å². The summed E-state index contributed by atoms with van der Waals surface area (Å²) in [6.07, 6.45) is 5.01. The van der Waals surface area contributed by atoms with Crippen molar-refractivity contribution >= 4 is 5.97 Å². The van der Waals surface area contributed by atoms with E-state index >= 15 is 0 Å². The molecule has 1 aliphatic rings. The van der Waals surface area contributed by atoms with Crippen LogP contribution in [-0.2, 0) is 4.79 Å². The molecule has 104 valence electrons. The van der Waals surface area contributed by atoms with Gasteiger partial charge in [0.05, 0.1) is 0 Å². The third-order valence-corrected chi connectivity index (χ3v) is 3.98. The Labute approximate surface area is 115 Å². The van der Waals surface area contributed by atoms with Gasteiger partial charge in [-0.2, -0.15) is 0 Å². The molecule has 1 heterocycles. The van der Waals surface area contributed by atoms with E-state index < -0.39 is 5.97 Å². The summed E-state index contributed by atoms with van der Waals surface area (Å²) in [6.45, 7) is 3.06. The summed E-state index contributed by atoms with van der Waals surface area (Å²) >= 11 is 0. The minimum Gasteiger partial charge on any atom is -0.480 e. The molecule has 19 heavy (non-hydrogen) atoms. The minimum absolute atomic E-state index is 0.243. The first kappa shape index (κ1) is 14.1. The van der Waals surface area contributed by atoms with Crippen LogP contribution in [0, 0.1) is 0 Å². The van der Waals surface area contributed by atoms with Gasteiger partial charge in [0.15, 0.2) is 0 Å². The minimum atomic E-state index is -0.670. The van der Waals surface area contributed by atoms with Crippen molar-refractivity contribution in [3.05, 3.63) is 35.9 Å². The Morgan fingerprint density at radius 1 is 1.37 bits per heavy atom. The van der Waals surface area contributed by atoms with E-state index in [1.165, 1.54) is 5.56 Å². The lowest BCUT2D eigenvalue weighted by molar-refractivity contribution is -0.146. The predicted octanol–water partition coefficient (Wildman–Crippen LogP) is 3.47. The number of nitrogens with zero attached hydrogens (tertiary/aromatic N) is 1. The molecule has 0 spiro atoms. The zero-order valence-corrected chi connectivity index (χ0v) is 11.6. The van der Waals surface area contributed by atoms with Crippen LogP contribution < -0.4 is 0 Å². The third-order valence-electron chi connectivity index (χ3n) is 3.98. The topological polar surface area (TPSA) is 40.5 Å². The molecular weight excluding hydrogens is 238 g/mol. The summed E-state index contributed by atoms with van der Waals surface area (Å²) in [6, 6.07) is 10.3. The van der Waals surface area contributed by atoms with E-state index in [-0.39, 0.29) is 12.1 Å². The third kappa shape index (κ3) is 3.35. The summed E-state index contributed by atoms with van der Waals surface area (Å²) < 4.78 is 0. The van der Waals surface area contributed by atoms with Gasteiger partial charge in [-0.3, -0.25) is 9.69 Å². The number of carbonyl (C=O) groups is 1. The van der Waals surface area contributed by atoms with Gasteiger partial charge in [-0.25, -0.2) is 0 Å². The number of benzene rings is 1. The maximum absolute atomic E-state index is 11.5. The highest BCUT2D eigenvalue weighted by molar-refractivity contribution is 5.73. The van der Waals surface area contributed by atoms with Crippen LogP contribution in [0.1, 0.15) is 50.6 Å². The smallest absolute Gasteiger partial charge is 0.320 e. The van der Waals surface area contributed by atoms with Crippen LogP contribution in [0.3, 0.4) is 0 Å². The van der Waals surface area contributed by atoms with Crippen molar-refractivity contribution in [2.45, 2.75) is 51.1 Å². The Morgan fingerprint density at radius 3 is 2.74 bits per heavy atom. The van der Waals surface area contributed by atoms with Gasteiger partial charge in [-0.15, -0.1) is 0 Å². The Balaban J connectivity index is 2.24. The zero-order valence-electron chi connectivity index (χ0n) is 11.6. The van der Waals surface area contributed by atoms with Gasteiger partial charge in [-0.05, 0) is 31.4 Å². The average Bonchev–Trinajstić information content (AvgIpc) is 2.45. The quantitative estimate of drug-likeness (QED) is 0.882. The molecule has 0 aliphatic carbocycles. The second-order valence-electron chi connectivity index (χ2n) is 5.30. The molecule has 0 amide bonds. The molecule has 1 N–H and O–H groups in total. The molecule has 3 heteroatoms. The number of hydrogen-bond acceptors (Lipinski definition) is 2. The second kappa shape index (κ2) is 6.71. The van der Waals surface area contributed by atoms with Gasteiger partial charge >= 0.3 is 5.97 Å². The van der Waals surface area contributed by atoms with Crippen molar-refractivity contribution in [1.29, 1.82) is 0 Å². The van der Waals surface area contributed by atoms with E-state index in [4.69, 9.17) is 0 Å². The van der Waals surface area contributed by atoms with Crippen LogP contribution in [0.15, 0.2) is 30.3 Å². The molecule has 0 radical (unpaired) electrons. The van der Waals surface area contributed by atoms with E-state index in [1.807, 2.05) is 18.2 Å². The van der Waals surface area contributed by atoms with Gasteiger partial charge in [0.1, 0.15) is 6.04 Å². The molecule has 2 rings (SSSR count).